The summed E-state index contributed by atoms with van der Waals surface area (Å²) in [6.45, 7) is 0. The summed E-state index contributed by atoms with van der Waals surface area (Å²) in [5.74, 6) is 1.01. The van der Waals surface area contributed by atoms with Crippen LogP contribution < -0.4 is 5.43 Å². The Morgan fingerprint density at radius 2 is 1.82 bits per heavy atom. The zero-order valence-corrected chi connectivity index (χ0v) is 14.6. The summed E-state index contributed by atoms with van der Waals surface area (Å²) >= 11 is 0. The van der Waals surface area contributed by atoms with Gasteiger partial charge in [0, 0.05) is 29.4 Å². The van der Waals surface area contributed by atoms with Crippen LogP contribution in [0.5, 0.6) is 0 Å². The van der Waals surface area contributed by atoms with Crippen LogP contribution in [0, 0.1) is 10.1 Å². The largest absolute Gasteiger partial charge is 0.278 e. The highest BCUT2D eigenvalue weighted by Crippen LogP contribution is 2.24. The third-order valence-electron chi connectivity index (χ3n) is 4.03. The zero-order chi connectivity index (χ0) is 19.3. The minimum Gasteiger partial charge on any atom is -0.264 e. The van der Waals surface area contributed by atoms with E-state index < -0.39 is 4.92 Å². The van der Waals surface area contributed by atoms with E-state index in [-0.39, 0.29) is 5.69 Å². The first-order valence-electron chi connectivity index (χ1n) is 8.42. The number of fused-ring (bicyclic) bond motifs is 1. The topological polar surface area (TPSA) is 106 Å². The van der Waals surface area contributed by atoms with Crippen molar-refractivity contribution >= 4 is 28.6 Å². The normalized spacial score (nSPS) is 11.0. The third kappa shape index (κ3) is 3.51. The first-order valence-corrected chi connectivity index (χ1v) is 8.42. The minimum atomic E-state index is -0.443. The van der Waals surface area contributed by atoms with Gasteiger partial charge in [0.25, 0.3) is 5.69 Å². The third-order valence-corrected chi connectivity index (χ3v) is 4.03. The molecule has 8 nitrogen and oxygen atoms in total. The number of nitro benzene ring substituents is 1. The van der Waals surface area contributed by atoms with Gasteiger partial charge in [0.15, 0.2) is 11.6 Å². The van der Waals surface area contributed by atoms with Gasteiger partial charge < -0.3 is 0 Å². The number of anilines is 1. The summed E-state index contributed by atoms with van der Waals surface area (Å²) in [7, 11) is 0. The van der Waals surface area contributed by atoms with Gasteiger partial charge in [-0.1, -0.05) is 24.3 Å². The fourth-order valence-corrected chi connectivity index (χ4v) is 2.71. The van der Waals surface area contributed by atoms with Crippen LogP contribution >= 0.6 is 0 Å². The van der Waals surface area contributed by atoms with Gasteiger partial charge in [-0.2, -0.15) is 5.10 Å². The van der Waals surface area contributed by atoms with Gasteiger partial charge in [0.1, 0.15) is 0 Å². The van der Waals surface area contributed by atoms with E-state index in [9.17, 15) is 10.1 Å². The maximum atomic E-state index is 11.1. The Labute approximate surface area is 159 Å². The van der Waals surface area contributed by atoms with Gasteiger partial charge in [-0.3, -0.25) is 20.5 Å². The Balaban J connectivity index is 1.71. The summed E-state index contributed by atoms with van der Waals surface area (Å²) in [4.78, 5) is 23.9. The van der Waals surface area contributed by atoms with Crippen LogP contribution in [-0.2, 0) is 0 Å². The number of nitro groups is 1. The van der Waals surface area contributed by atoms with Crippen LogP contribution in [-0.4, -0.2) is 26.1 Å². The molecule has 28 heavy (non-hydrogen) atoms. The molecule has 8 heteroatoms. The Kier molecular flexibility index (Phi) is 4.67. The van der Waals surface area contributed by atoms with Gasteiger partial charge in [-0.05, 0) is 30.3 Å². The van der Waals surface area contributed by atoms with Gasteiger partial charge in [-0.25, -0.2) is 9.97 Å². The molecule has 2 aromatic heterocycles. The lowest BCUT2D eigenvalue weighted by Crippen LogP contribution is -2.00. The summed E-state index contributed by atoms with van der Waals surface area (Å²) in [6, 6.07) is 17.6. The second kappa shape index (κ2) is 7.58. The van der Waals surface area contributed by atoms with Crippen molar-refractivity contribution in [3.63, 3.8) is 0 Å². The van der Waals surface area contributed by atoms with Gasteiger partial charge >= 0.3 is 0 Å². The number of hydrogen-bond acceptors (Lipinski definition) is 7. The van der Waals surface area contributed by atoms with Crippen molar-refractivity contribution in [3.8, 4) is 11.4 Å². The molecule has 4 rings (SSSR count). The van der Waals surface area contributed by atoms with Crippen molar-refractivity contribution in [3.05, 3.63) is 88.7 Å². The van der Waals surface area contributed by atoms with E-state index in [0.717, 1.165) is 16.5 Å². The van der Waals surface area contributed by atoms with E-state index in [1.54, 1.807) is 30.6 Å². The van der Waals surface area contributed by atoms with E-state index in [1.165, 1.54) is 12.3 Å². The number of hydrazone groups is 1. The van der Waals surface area contributed by atoms with Gasteiger partial charge in [0.05, 0.1) is 22.2 Å². The zero-order valence-electron chi connectivity index (χ0n) is 14.6. The lowest BCUT2D eigenvalue weighted by Gasteiger charge is -2.08. The smallest absolute Gasteiger partial charge is 0.264 e. The van der Waals surface area contributed by atoms with Crippen LogP contribution in [0.2, 0.25) is 0 Å². The summed E-state index contributed by atoms with van der Waals surface area (Å²) in [5.41, 5.74) is 4.79. The fourth-order valence-electron chi connectivity index (χ4n) is 2.71. The predicted octanol–water partition coefficient (Wildman–Crippen LogP) is 4.05. The van der Waals surface area contributed by atoms with E-state index in [1.807, 2.05) is 36.4 Å². The number of rotatable bonds is 5. The number of hydrogen-bond donors (Lipinski definition) is 1. The molecule has 0 unspecified atom stereocenters. The molecule has 1 N–H and O–H groups in total. The van der Waals surface area contributed by atoms with E-state index in [4.69, 9.17) is 0 Å². The molecule has 2 aromatic carbocycles. The van der Waals surface area contributed by atoms with Crippen LogP contribution in [0.4, 0.5) is 11.5 Å². The Morgan fingerprint density at radius 3 is 2.64 bits per heavy atom. The highest BCUT2D eigenvalue weighted by molar-refractivity contribution is 5.91. The van der Waals surface area contributed by atoms with Crippen molar-refractivity contribution in [1.82, 2.24) is 15.0 Å². The second-order valence-electron chi connectivity index (χ2n) is 5.84. The van der Waals surface area contributed by atoms with Crippen LogP contribution in [0.1, 0.15) is 5.56 Å². The monoisotopic (exact) mass is 370 g/mol. The molecular weight excluding hydrogens is 356 g/mol. The SMILES string of the molecule is O=[N+]([O-])c1ccccc1C=NNc1nc(-c2cccnc2)nc2ccccc12. The maximum absolute atomic E-state index is 11.1. The maximum Gasteiger partial charge on any atom is 0.278 e. The average molecular weight is 370 g/mol. The summed E-state index contributed by atoms with van der Waals surface area (Å²) < 4.78 is 0. The Bertz CT molecular complexity index is 1180. The quantitative estimate of drug-likeness (QED) is 0.323. The predicted molar refractivity (Wildman–Crippen MR) is 107 cm³/mol. The molecule has 0 bridgehead atoms. The van der Waals surface area contributed by atoms with Crippen LogP contribution in [0.3, 0.4) is 0 Å². The molecule has 0 saturated heterocycles. The van der Waals surface area contributed by atoms with Gasteiger partial charge in [-0.15, -0.1) is 0 Å². The molecule has 0 spiro atoms. The van der Waals surface area contributed by atoms with E-state index in [0.29, 0.717) is 17.2 Å². The lowest BCUT2D eigenvalue weighted by molar-refractivity contribution is -0.385. The number of benzene rings is 2. The number of nitrogens with zero attached hydrogens (tertiary/aromatic N) is 5. The average Bonchev–Trinajstić information content (AvgIpc) is 2.74. The van der Waals surface area contributed by atoms with Gasteiger partial charge in [0.2, 0.25) is 0 Å². The molecule has 0 atom stereocenters. The number of nitrogens with one attached hydrogen (secondary N) is 1. The second-order valence-corrected chi connectivity index (χ2v) is 5.84. The summed E-state index contributed by atoms with van der Waals surface area (Å²) in [5, 5.41) is 16.1. The highest BCUT2D eigenvalue weighted by atomic mass is 16.6. The molecule has 0 aliphatic rings. The standard InChI is InChI=1S/C20H14N6O2/c27-26(28)18-10-4-1-6-14(18)13-22-25-20-16-8-2-3-9-17(16)23-19(24-20)15-7-5-11-21-12-15/h1-13H,(H,23,24,25). The Hall–Kier alpha value is -4.20. The Morgan fingerprint density at radius 1 is 1.00 bits per heavy atom. The number of para-hydroxylation sites is 2. The number of aromatic nitrogens is 3. The van der Waals surface area contributed by atoms with E-state index in [2.05, 4.69) is 25.5 Å². The van der Waals surface area contributed by atoms with Crippen molar-refractivity contribution in [1.29, 1.82) is 0 Å². The number of pyridine rings is 1. The molecule has 136 valence electrons. The molecule has 2 heterocycles. The minimum absolute atomic E-state index is 0.0170. The van der Waals surface area contributed by atoms with Crippen LogP contribution in [0.25, 0.3) is 22.3 Å². The summed E-state index contributed by atoms with van der Waals surface area (Å²) in [6.07, 6.45) is 4.77. The van der Waals surface area contributed by atoms with Crippen LogP contribution in [0.15, 0.2) is 78.2 Å². The first kappa shape index (κ1) is 17.2. The molecule has 0 radical (unpaired) electrons. The van der Waals surface area contributed by atoms with Crippen molar-refractivity contribution in [2.45, 2.75) is 0 Å². The first-order chi connectivity index (χ1) is 13.7. The molecule has 0 fully saturated rings. The fraction of sp³-hybridized carbons (Fsp3) is 0. The molecular formula is C20H14N6O2. The lowest BCUT2D eigenvalue weighted by atomic mass is 10.2. The molecule has 0 saturated carbocycles. The highest BCUT2D eigenvalue weighted by Gasteiger charge is 2.11. The molecule has 0 aliphatic heterocycles. The molecule has 0 aliphatic carbocycles. The molecule has 4 aromatic rings. The van der Waals surface area contributed by atoms with Crippen molar-refractivity contribution in [2.24, 2.45) is 5.10 Å². The molecule has 0 amide bonds. The van der Waals surface area contributed by atoms with E-state index >= 15 is 0 Å². The van der Waals surface area contributed by atoms with Crippen molar-refractivity contribution in [2.75, 3.05) is 5.43 Å². The van der Waals surface area contributed by atoms with Crippen molar-refractivity contribution < 1.29 is 4.92 Å².